The Morgan fingerprint density at radius 2 is 0.775 bits per heavy atom. The van der Waals surface area contributed by atoms with Crippen LogP contribution in [-0.2, 0) is 31.9 Å². The van der Waals surface area contributed by atoms with Crippen molar-refractivity contribution in [2.75, 3.05) is 41.7 Å². The normalized spacial score (nSPS) is 11.7. The molecular weight excluding hydrogens is 1250 g/mol. The number of carbonyl (C=O) groups is 2. The molecule has 0 heterocycles. The van der Waals surface area contributed by atoms with Crippen LogP contribution in [0.4, 0.5) is 0 Å². The van der Waals surface area contributed by atoms with Gasteiger partial charge in [0.25, 0.3) is 0 Å². The van der Waals surface area contributed by atoms with Gasteiger partial charge in [-0.05, 0) is 132 Å². The van der Waals surface area contributed by atoms with Gasteiger partial charge >= 0.3 is 11.9 Å². The van der Waals surface area contributed by atoms with E-state index in [9.17, 15) is 9.59 Å². The second-order valence-electron chi connectivity index (χ2n) is 18.6. The highest BCUT2D eigenvalue weighted by Crippen LogP contribution is 2.50. The lowest BCUT2D eigenvalue weighted by Gasteiger charge is -2.22. The van der Waals surface area contributed by atoms with E-state index in [4.69, 9.17) is 33.4 Å². The number of esters is 2. The van der Waals surface area contributed by atoms with Crippen molar-refractivity contribution in [3.8, 4) is 45.3 Å². The number of ether oxygens (including phenoxy) is 6. The molecule has 0 saturated heterocycles. The van der Waals surface area contributed by atoms with Gasteiger partial charge in [0.1, 0.15) is 23.0 Å². The molecule has 0 spiro atoms. The highest BCUT2D eigenvalue weighted by atomic mass is 127. The Morgan fingerprint density at radius 1 is 0.450 bits per heavy atom. The lowest BCUT2D eigenvalue weighted by molar-refractivity contribution is -0.407. The van der Waals surface area contributed by atoms with Crippen molar-refractivity contribution in [1.82, 2.24) is 0 Å². The molecule has 2 atom stereocenters. The van der Waals surface area contributed by atoms with Crippen molar-refractivity contribution >= 4 is 106 Å². The van der Waals surface area contributed by atoms with Crippen molar-refractivity contribution in [2.24, 2.45) is 4.99 Å². The van der Waals surface area contributed by atoms with E-state index in [-0.39, 0.29) is 37.4 Å². The largest absolute Gasteiger partial charge is 1.00 e. The Morgan fingerprint density at radius 3 is 1.15 bits per heavy atom. The molecule has 0 amide bonds. The number of hydrogen-bond acceptors (Lipinski definition) is 9. The Kier molecular flexibility index (Phi) is 20.1. The monoisotopic (exact) mass is 1310 g/mol. The fourth-order valence-electron chi connectivity index (χ4n) is 10.4. The van der Waals surface area contributed by atoms with Crippen LogP contribution < -0.4 is 37.1 Å². The second kappa shape index (κ2) is 27.3. The van der Waals surface area contributed by atoms with Crippen LogP contribution in [0.25, 0.3) is 65.3 Å². The minimum absolute atomic E-state index is 0. The highest BCUT2D eigenvalue weighted by molar-refractivity contribution is 14.1. The molecule has 408 valence electrons. The Bertz CT molecular complexity index is 3830. The summed E-state index contributed by atoms with van der Waals surface area (Å²) in [5.41, 5.74) is 12.2. The molecule has 0 radical (unpaired) electrons. The summed E-state index contributed by atoms with van der Waals surface area (Å²) < 4.78 is 37.1. The number of hydrogen-bond donors (Lipinski definition) is 1. The third kappa shape index (κ3) is 12.4. The van der Waals surface area contributed by atoms with Crippen LogP contribution in [0.3, 0.4) is 0 Å². The van der Waals surface area contributed by atoms with Gasteiger partial charge in [0.15, 0.2) is 12.1 Å². The predicted octanol–water partition coefficient (Wildman–Crippen LogP) is 11.3. The van der Waals surface area contributed by atoms with Gasteiger partial charge in [0.05, 0.1) is 54.5 Å². The Hall–Kier alpha value is -7.24. The summed E-state index contributed by atoms with van der Waals surface area (Å²) >= 11 is 4.65. The van der Waals surface area contributed by atoms with E-state index in [0.29, 0.717) is 18.8 Å². The maximum Gasteiger partial charge on any atom is 0.365 e. The van der Waals surface area contributed by atoms with Gasteiger partial charge in [-0.25, -0.2) is 9.59 Å². The number of carbonyl (C=O) groups excluding carboxylic acids is 2. The lowest BCUT2D eigenvalue weighted by Crippen LogP contribution is -3.00. The average Bonchev–Trinajstić information content (AvgIpc) is 3.56. The number of quaternary nitrogens is 1. The first-order valence-electron chi connectivity index (χ1n) is 26.1. The van der Waals surface area contributed by atoms with E-state index in [2.05, 4.69) is 124 Å². The third-order valence-corrected chi connectivity index (χ3v) is 15.4. The first-order valence-corrected chi connectivity index (χ1v) is 28.2. The van der Waals surface area contributed by atoms with Crippen molar-refractivity contribution in [3.05, 3.63) is 211 Å². The molecule has 0 bridgehead atoms. The van der Waals surface area contributed by atoms with Gasteiger partial charge in [-0.3, -0.25) is 4.99 Å². The summed E-state index contributed by atoms with van der Waals surface area (Å²) in [6.45, 7) is 4.20. The molecule has 0 fully saturated rings. The van der Waals surface area contributed by atoms with Crippen LogP contribution in [0.1, 0.15) is 36.1 Å². The Labute approximate surface area is 500 Å². The SMILES string of the molecule is CCOC(=O)C(Cc1cc2ccccc2c(-c2c(OC)c(I)cc3ccccc23)c1OC)N=C(c1ccccc1)c1ccccc1.CCOC(=O)C([NH3+])Cc1cc2ccccc2c(-c2c(OC)c(I)cc3ccccc23)c1OC.[Cl-]. The van der Waals surface area contributed by atoms with Gasteiger partial charge in [0.2, 0.25) is 0 Å². The molecular formula is C67H61ClI2N2O8. The molecule has 10 aromatic rings. The highest BCUT2D eigenvalue weighted by Gasteiger charge is 2.30. The molecule has 10 rings (SSSR count). The zero-order chi connectivity index (χ0) is 55.6. The molecule has 0 aliphatic rings. The van der Waals surface area contributed by atoms with E-state index in [0.717, 1.165) is 118 Å². The number of methoxy groups -OCH3 is 4. The van der Waals surface area contributed by atoms with Crippen molar-refractivity contribution in [3.63, 3.8) is 0 Å². The molecule has 10 nitrogen and oxygen atoms in total. The summed E-state index contributed by atoms with van der Waals surface area (Å²) in [5, 5.41) is 8.52. The molecule has 13 heteroatoms. The van der Waals surface area contributed by atoms with Crippen molar-refractivity contribution < 1.29 is 56.2 Å². The summed E-state index contributed by atoms with van der Waals surface area (Å²) in [7, 11) is 6.75. The molecule has 0 aliphatic carbocycles. The molecule has 10 aromatic carbocycles. The summed E-state index contributed by atoms with van der Waals surface area (Å²) in [6, 6.07) is 60.0. The minimum atomic E-state index is -0.826. The fourth-order valence-corrected chi connectivity index (χ4v) is 12.1. The third-order valence-electron chi connectivity index (χ3n) is 13.8. The number of aliphatic imine (C=N–C) groups is 1. The van der Waals surface area contributed by atoms with Gasteiger partial charge in [-0.15, -0.1) is 0 Å². The van der Waals surface area contributed by atoms with E-state index in [1.54, 1.807) is 35.4 Å². The first-order chi connectivity index (χ1) is 38.5. The quantitative estimate of drug-likeness (QED) is 0.0542. The first kappa shape index (κ1) is 58.9. The van der Waals surface area contributed by atoms with Crippen LogP contribution >= 0.6 is 45.2 Å². The minimum Gasteiger partial charge on any atom is -1.00 e. The van der Waals surface area contributed by atoms with Crippen LogP contribution in [0.2, 0.25) is 0 Å². The zero-order valence-electron chi connectivity index (χ0n) is 45.4. The molecule has 3 N–H and O–H groups in total. The number of halogens is 3. The predicted molar refractivity (Wildman–Crippen MR) is 335 cm³/mol. The van der Waals surface area contributed by atoms with Crippen LogP contribution in [-0.4, -0.2) is 71.4 Å². The van der Waals surface area contributed by atoms with Crippen molar-refractivity contribution in [2.45, 2.75) is 38.8 Å². The molecule has 2 unspecified atom stereocenters. The second-order valence-corrected chi connectivity index (χ2v) is 21.0. The molecule has 0 aliphatic heterocycles. The molecule has 80 heavy (non-hydrogen) atoms. The number of benzene rings is 10. The standard InChI is InChI=1S/C40H34INO4.C27H26INO4.ClH/c1-4-46-40(43)34(42-37(26-15-7-5-8-16-26)27-17-9-6-10-18-27)25-30-23-28-19-11-13-21-31(28)35(38(30)44-2)36-32-22-14-12-20-29(32)24-33(41)39(36)45-3;1-4-33-27(30)22(29)15-18-13-16-9-5-7-11-19(16)23(25(18)31-2)24-20-12-8-6-10-17(20)14-21(28)26(24)32-3;/h5-24,34H,4,25H2,1-3H3;5-14,22H,4,15,29H2,1-3H3;1H. The molecule has 0 saturated carbocycles. The van der Waals surface area contributed by atoms with E-state index in [1.807, 2.05) is 116 Å². The van der Waals surface area contributed by atoms with E-state index >= 15 is 0 Å². The summed E-state index contributed by atoms with van der Waals surface area (Å²) in [4.78, 5) is 31.2. The fraction of sp³-hybridized carbons (Fsp3) is 0.179. The Balaban J connectivity index is 0.000000219. The smallest absolute Gasteiger partial charge is 0.365 e. The van der Waals surface area contributed by atoms with E-state index in [1.165, 1.54) is 0 Å². The van der Waals surface area contributed by atoms with Crippen LogP contribution in [0.5, 0.6) is 23.0 Å². The summed E-state index contributed by atoms with van der Waals surface area (Å²) in [6.07, 6.45) is 0.678. The molecule has 0 aromatic heterocycles. The topological polar surface area (TPSA) is 130 Å². The van der Waals surface area contributed by atoms with Crippen LogP contribution in [0.15, 0.2) is 187 Å². The lowest BCUT2D eigenvalue weighted by atomic mass is 9.88. The number of rotatable bonds is 17. The number of nitrogens with zero attached hydrogens (tertiary/aromatic N) is 1. The summed E-state index contributed by atoms with van der Waals surface area (Å²) in [5.74, 6) is 2.26. The van der Waals surface area contributed by atoms with Gasteiger partial charge in [-0.1, -0.05) is 158 Å². The maximum absolute atomic E-state index is 13.7. The zero-order valence-corrected chi connectivity index (χ0v) is 50.4. The number of fused-ring (bicyclic) bond motifs is 4. The van der Waals surface area contributed by atoms with Crippen LogP contribution in [0, 0.1) is 7.14 Å². The average molecular weight is 1310 g/mol. The van der Waals surface area contributed by atoms with E-state index < -0.39 is 12.1 Å². The van der Waals surface area contributed by atoms with Gasteiger partial charge in [0, 0.05) is 51.8 Å². The maximum atomic E-state index is 13.7. The van der Waals surface area contributed by atoms with Gasteiger partial charge < -0.3 is 46.6 Å². The van der Waals surface area contributed by atoms with Crippen molar-refractivity contribution in [1.29, 1.82) is 0 Å². The van der Waals surface area contributed by atoms with Gasteiger partial charge in [-0.2, -0.15) is 0 Å².